The lowest BCUT2D eigenvalue weighted by molar-refractivity contribution is 0.178. The van der Waals surface area contributed by atoms with E-state index in [0.717, 1.165) is 38.7 Å². The van der Waals surface area contributed by atoms with Crippen molar-refractivity contribution < 1.29 is 0 Å². The third-order valence-electron chi connectivity index (χ3n) is 5.24. The molecule has 26 heavy (non-hydrogen) atoms. The molecular weight excluding hydrogens is 342 g/mol. The molecule has 1 unspecified atom stereocenters. The summed E-state index contributed by atoms with van der Waals surface area (Å²) in [4.78, 5) is 11.0. The van der Waals surface area contributed by atoms with Crippen molar-refractivity contribution in [2.45, 2.75) is 65.7 Å². The normalized spacial score (nSPS) is 17.0. The number of hydrogen-bond acceptors (Lipinski definition) is 4. The van der Waals surface area contributed by atoms with E-state index >= 15 is 0 Å². The molecule has 1 atom stereocenters. The number of guanidine groups is 1. The number of thiophene rings is 1. The molecule has 6 heteroatoms. The SMILES string of the molecule is CN=C(NCCN(C(C)C)C(C)C)NCC(C)N1CCc2sccc2C1. The topological polar surface area (TPSA) is 42.9 Å². The van der Waals surface area contributed by atoms with E-state index in [1.165, 1.54) is 12.0 Å². The van der Waals surface area contributed by atoms with Crippen molar-refractivity contribution in [3.8, 4) is 0 Å². The van der Waals surface area contributed by atoms with Gasteiger partial charge in [-0.25, -0.2) is 0 Å². The molecule has 1 aromatic rings. The van der Waals surface area contributed by atoms with Gasteiger partial charge in [0.2, 0.25) is 0 Å². The van der Waals surface area contributed by atoms with E-state index in [0.29, 0.717) is 18.1 Å². The van der Waals surface area contributed by atoms with Gasteiger partial charge in [0, 0.05) is 62.8 Å². The van der Waals surface area contributed by atoms with E-state index in [1.807, 2.05) is 18.4 Å². The minimum absolute atomic E-state index is 0.490. The van der Waals surface area contributed by atoms with Gasteiger partial charge in [-0.2, -0.15) is 0 Å². The highest BCUT2D eigenvalue weighted by atomic mass is 32.1. The van der Waals surface area contributed by atoms with Crippen molar-refractivity contribution in [3.05, 3.63) is 21.9 Å². The van der Waals surface area contributed by atoms with Crippen molar-refractivity contribution in [2.75, 3.05) is 33.2 Å². The number of aliphatic imine (C=N–C) groups is 1. The van der Waals surface area contributed by atoms with Crippen LogP contribution in [-0.2, 0) is 13.0 Å². The first-order chi connectivity index (χ1) is 12.4. The summed E-state index contributed by atoms with van der Waals surface area (Å²) in [6, 6.07) is 3.90. The Hall–Kier alpha value is -1.11. The molecule has 1 aromatic heterocycles. The van der Waals surface area contributed by atoms with Crippen LogP contribution in [0.4, 0.5) is 0 Å². The lowest BCUT2D eigenvalue weighted by atomic mass is 10.1. The maximum absolute atomic E-state index is 4.38. The van der Waals surface area contributed by atoms with E-state index in [1.54, 1.807) is 4.88 Å². The van der Waals surface area contributed by atoms with Gasteiger partial charge < -0.3 is 10.6 Å². The molecule has 0 aliphatic carbocycles. The summed E-state index contributed by atoms with van der Waals surface area (Å²) in [6.45, 7) is 16.4. The summed E-state index contributed by atoms with van der Waals surface area (Å²) in [5.41, 5.74) is 1.51. The lowest BCUT2D eigenvalue weighted by Crippen LogP contribution is -2.49. The van der Waals surface area contributed by atoms with Crippen LogP contribution in [0.15, 0.2) is 16.4 Å². The van der Waals surface area contributed by atoms with Crippen LogP contribution in [0.25, 0.3) is 0 Å². The largest absolute Gasteiger partial charge is 0.355 e. The Morgan fingerprint density at radius 1 is 1.23 bits per heavy atom. The fourth-order valence-electron chi connectivity index (χ4n) is 3.66. The van der Waals surface area contributed by atoms with Gasteiger partial charge in [0.1, 0.15) is 0 Å². The molecule has 0 radical (unpaired) electrons. The van der Waals surface area contributed by atoms with Gasteiger partial charge in [-0.15, -0.1) is 11.3 Å². The minimum atomic E-state index is 0.490. The third kappa shape index (κ3) is 5.96. The fraction of sp³-hybridized carbons (Fsp3) is 0.750. The number of fused-ring (bicyclic) bond motifs is 1. The molecule has 0 amide bonds. The highest BCUT2D eigenvalue weighted by Crippen LogP contribution is 2.24. The molecule has 5 nitrogen and oxygen atoms in total. The fourth-order valence-corrected chi connectivity index (χ4v) is 4.55. The van der Waals surface area contributed by atoms with Gasteiger partial charge in [0.15, 0.2) is 5.96 Å². The van der Waals surface area contributed by atoms with Crippen molar-refractivity contribution >= 4 is 17.3 Å². The van der Waals surface area contributed by atoms with Crippen LogP contribution < -0.4 is 10.6 Å². The van der Waals surface area contributed by atoms with Gasteiger partial charge in [-0.05, 0) is 58.0 Å². The third-order valence-corrected chi connectivity index (χ3v) is 6.26. The molecule has 0 aromatic carbocycles. The number of hydrogen-bond donors (Lipinski definition) is 2. The van der Waals surface area contributed by atoms with Crippen molar-refractivity contribution in [3.63, 3.8) is 0 Å². The van der Waals surface area contributed by atoms with Crippen LogP contribution in [0.3, 0.4) is 0 Å². The van der Waals surface area contributed by atoms with Crippen molar-refractivity contribution in [1.29, 1.82) is 0 Å². The summed E-state index contributed by atoms with van der Waals surface area (Å²) < 4.78 is 0. The second-order valence-electron chi connectivity index (χ2n) is 7.74. The Bertz CT molecular complexity index is 558. The summed E-state index contributed by atoms with van der Waals surface area (Å²) in [6.07, 6.45) is 1.19. The minimum Gasteiger partial charge on any atom is -0.355 e. The molecule has 148 valence electrons. The van der Waals surface area contributed by atoms with Crippen LogP contribution in [-0.4, -0.2) is 67.1 Å². The molecule has 0 bridgehead atoms. The molecule has 0 saturated heterocycles. The average Bonchev–Trinajstić information content (AvgIpc) is 3.07. The zero-order chi connectivity index (χ0) is 19.1. The predicted molar refractivity (Wildman–Crippen MR) is 114 cm³/mol. The number of nitrogens with zero attached hydrogens (tertiary/aromatic N) is 3. The standard InChI is InChI=1S/C20H37N5S/c1-15(2)25(16(3)4)11-9-22-20(21-6)23-13-17(5)24-10-7-19-18(14-24)8-12-26-19/h8,12,15-17H,7,9-11,13-14H2,1-6H3,(H2,21,22,23). The number of nitrogens with one attached hydrogen (secondary N) is 2. The maximum Gasteiger partial charge on any atom is 0.191 e. The molecule has 1 aliphatic rings. The second-order valence-corrected chi connectivity index (χ2v) is 8.74. The Balaban J connectivity index is 1.73. The van der Waals surface area contributed by atoms with Crippen LogP contribution in [0, 0.1) is 0 Å². The molecule has 2 N–H and O–H groups in total. The molecule has 2 heterocycles. The Kier molecular flexibility index (Phi) is 8.38. The van der Waals surface area contributed by atoms with Gasteiger partial charge in [0.25, 0.3) is 0 Å². The first-order valence-corrected chi connectivity index (χ1v) is 10.8. The van der Waals surface area contributed by atoms with Gasteiger partial charge in [0.05, 0.1) is 0 Å². The molecule has 0 saturated carbocycles. The second kappa shape index (κ2) is 10.3. The molecular formula is C20H37N5S. The van der Waals surface area contributed by atoms with E-state index < -0.39 is 0 Å². The van der Waals surface area contributed by atoms with E-state index in [9.17, 15) is 0 Å². The zero-order valence-corrected chi connectivity index (χ0v) is 18.2. The summed E-state index contributed by atoms with van der Waals surface area (Å²) in [5, 5.41) is 9.18. The van der Waals surface area contributed by atoms with E-state index in [4.69, 9.17) is 0 Å². The summed E-state index contributed by atoms with van der Waals surface area (Å²) in [7, 11) is 1.85. The van der Waals surface area contributed by atoms with Crippen LogP contribution in [0.1, 0.15) is 45.1 Å². The lowest BCUT2D eigenvalue weighted by Gasteiger charge is -2.33. The quantitative estimate of drug-likeness (QED) is 0.538. The average molecular weight is 380 g/mol. The molecule has 0 fully saturated rings. The predicted octanol–water partition coefficient (Wildman–Crippen LogP) is 2.78. The summed E-state index contributed by atoms with van der Waals surface area (Å²) >= 11 is 1.90. The van der Waals surface area contributed by atoms with Crippen LogP contribution >= 0.6 is 11.3 Å². The summed E-state index contributed by atoms with van der Waals surface area (Å²) in [5.74, 6) is 0.901. The first-order valence-electron chi connectivity index (χ1n) is 9.92. The highest BCUT2D eigenvalue weighted by molar-refractivity contribution is 7.10. The first kappa shape index (κ1) is 21.2. The van der Waals surface area contributed by atoms with Crippen LogP contribution in [0.2, 0.25) is 0 Å². The van der Waals surface area contributed by atoms with Gasteiger partial charge in [-0.1, -0.05) is 0 Å². The van der Waals surface area contributed by atoms with Crippen LogP contribution in [0.5, 0.6) is 0 Å². The zero-order valence-electron chi connectivity index (χ0n) is 17.4. The molecule has 1 aliphatic heterocycles. The van der Waals surface area contributed by atoms with E-state index in [-0.39, 0.29) is 0 Å². The Morgan fingerprint density at radius 2 is 1.96 bits per heavy atom. The van der Waals surface area contributed by atoms with Crippen molar-refractivity contribution in [1.82, 2.24) is 20.4 Å². The Labute approximate surface area is 163 Å². The number of rotatable bonds is 8. The van der Waals surface area contributed by atoms with Gasteiger partial charge >= 0.3 is 0 Å². The molecule has 0 spiro atoms. The maximum atomic E-state index is 4.38. The Morgan fingerprint density at radius 3 is 2.62 bits per heavy atom. The molecule has 2 rings (SSSR count). The van der Waals surface area contributed by atoms with Gasteiger partial charge in [-0.3, -0.25) is 14.8 Å². The highest BCUT2D eigenvalue weighted by Gasteiger charge is 2.21. The smallest absolute Gasteiger partial charge is 0.191 e. The van der Waals surface area contributed by atoms with Crippen molar-refractivity contribution in [2.24, 2.45) is 4.99 Å². The van der Waals surface area contributed by atoms with E-state index in [2.05, 4.69) is 71.5 Å². The monoisotopic (exact) mass is 379 g/mol.